The Hall–Kier alpha value is -2.34. The van der Waals surface area contributed by atoms with Crippen LogP contribution in [-0.4, -0.2) is 37.4 Å². The van der Waals surface area contributed by atoms with Crippen LogP contribution in [0.15, 0.2) is 41.8 Å². The van der Waals surface area contributed by atoms with Crippen LogP contribution in [0.25, 0.3) is 0 Å². The van der Waals surface area contributed by atoms with Crippen LogP contribution in [0.5, 0.6) is 0 Å². The molecule has 1 aromatic carbocycles. The van der Waals surface area contributed by atoms with Crippen molar-refractivity contribution in [3.05, 3.63) is 52.2 Å². The van der Waals surface area contributed by atoms with Gasteiger partial charge in [-0.2, -0.15) is 0 Å². The molecule has 22 heavy (non-hydrogen) atoms. The topological polar surface area (TPSA) is 61.4 Å². The molecule has 2 amide bonds. The van der Waals surface area contributed by atoms with Gasteiger partial charge in [-0.3, -0.25) is 9.59 Å². The first-order valence-corrected chi connectivity index (χ1v) is 7.79. The molecule has 0 bridgehead atoms. The van der Waals surface area contributed by atoms with Crippen molar-refractivity contribution in [1.82, 2.24) is 10.2 Å². The monoisotopic (exact) mass is 317 g/mol. The fourth-order valence-electron chi connectivity index (χ4n) is 1.86. The average Bonchev–Trinajstić information content (AvgIpc) is 3.03. The third kappa shape index (κ3) is 4.60. The Morgan fingerprint density at radius 1 is 1.18 bits per heavy atom. The number of thiophene rings is 1. The normalized spacial score (nSPS) is 10.1. The molecule has 0 fully saturated rings. The van der Waals surface area contributed by atoms with E-state index in [1.165, 1.54) is 4.90 Å². The van der Waals surface area contributed by atoms with Crippen molar-refractivity contribution < 1.29 is 9.59 Å². The molecule has 0 aliphatic carbocycles. The minimum absolute atomic E-state index is 0.0641. The van der Waals surface area contributed by atoms with Crippen molar-refractivity contribution in [1.29, 1.82) is 0 Å². The van der Waals surface area contributed by atoms with E-state index in [4.69, 9.17) is 0 Å². The highest BCUT2D eigenvalue weighted by Crippen LogP contribution is 2.12. The highest BCUT2D eigenvalue weighted by atomic mass is 32.1. The lowest BCUT2D eigenvalue weighted by atomic mass is 10.2. The largest absolute Gasteiger partial charge is 0.376 e. The summed E-state index contributed by atoms with van der Waals surface area (Å²) in [7, 11) is 3.42. The lowest BCUT2D eigenvalue weighted by Crippen LogP contribution is -2.29. The number of nitrogens with one attached hydrogen (secondary N) is 2. The minimum Gasteiger partial charge on any atom is -0.376 e. The van der Waals surface area contributed by atoms with Gasteiger partial charge in [0.1, 0.15) is 0 Å². The second kappa shape index (κ2) is 7.61. The van der Waals surface area contributed by atoms with Gasteiger partial charge in [0.15, 0.2) is 0 Å². The van der Waals surface area contributed by atoms with Gasteiger partial charge < -0.3 is 15.5 Å². The molecule has 2 aromatic rings. The Morgan fingerprint density at radius 2 is 2.00 bits per heavy atom. The summed E-state index contributed by atoms with van der Waals surface area (Å²) in [5.41, 5.74) is 1.34. The second-order valence-corrected chi connectivity index (χ2v) is 6.02. The molecule has 2 N–H and O–H groups in total. The number of rotatable bonds is 6. The van der Waals surface area contributed by atoms with Crippen molar-refractivity contribution >= 4 is 28.8 Å². The highest BCUT2D eigenvalue weighted by molar-refractivity contribution is 7.09. The maximum atomic E-state index is 11.9. The van der Waals surface area contributed by atoms with E-state index in [-0.39, 0.29) is 18.4 Å². The van der Waals surface area contributed by atoms with E-state index < -0.39 is 0 Å². The van der Waals surface area contributed by atoms with Gasteiger partial charge in [0.05, 0.1) is 13.1 Å². The third-order valence-corrected chi connectivity index (χ3v) is 3.89. The summed E-state index contributed by atoms with van der Waals surface area (Å²) in [6.45, 7) is 0.711. The van der Waals surface area contributed by atoms with Gasteiger partial charge in [0.25, 0.3) is 5.91 Å². The summed E-state index contributed by atoms with van der Waals surface area (Å²) in [4.78, 5) is 26.3. The van der Waals surface area contributed by atoms with E-state index in [0.29, 0.717) is 12.1 Å². The van der Waals surface area contributed by atoms with Gasteiger partial charge in [0, 0.05) is 30.2 Å². The van der Waals surface area contributed by atoms with Crippen LogP contribution in [0, 0.1) is 0 Å². The molecular formula is C16H19N3O2S. The predicted molar refractivity (Wildman–Crippen MR) is 89.1 cm³/mol. The number of benzene rings is 1. The van der Waals surface area contributed by atoms with E-state index in [9.17, 15) is 9.59 Å². The molecule has 1 aromatic heterocycles. The molecular weight excluding hydrogens is 298 g/mol. The Labute approximate surface area is 134 Å². The maximum Gasteiger partial charge on any atom is 0.253 e. The summed E-state index contributed by atoms with van der Waals surface area (Å²) >= 11 is 1.61. The molecule has 0 spiro atoms. The Kier molecular flexibility index (Phi) is 5.55. The molecule has 0 saturated heterocycles. The highest BCUT2D eigenvalue weighted by Gasteiger charge is 2.08. The summed E-state index contributed by atoms with van der Waals surface area (Å²) in [6.07, 6.45) is 0. The van der Waals surface area contributed by atoms with Crippen molar-refractivity contribution in [2.24, 2.45) is 0 Å². The fraction of sp³-hybridized carbons (Fsp3) is 0.250. The molecule has 1 heterocycles. The molecule has 0 unspecified atom stereocenters. The van der Waals surface area contributed by atoms with Crippen molar-refractivity contribution in [2.75, 3.05) is 26.0 Å². The van der Waals surface area contributed by atoms with Crippen LogP contribution in [0.2, 0.25) is 0 Å². The standard InChI is InChI=1S/C16H19N3O2S/c1-19(2)16(21)12-5-3-6-13(9-12)17-11-15(20)18-10-14-7-4-8-22-14/h3-9,17H,10-11H2,1-2H3,(H,18,20). The quantitative estimate of drug-likeness (QED) is 0.858. The van der Waals surface area contributed by atoms with E-state index >= 15 is 0 Å². The molecule has 0 saturated carbocycles. The number of carbonyl (C=O) groups excluding carboxylic acids is 2. The Bertz CT molecular complexity index is 639. The van der Waals surface area contributed by atoms with Gasteiger partial charge in [0.2, 0.25) is 5.91 Å². The van der Waals surface area contributed by atoms with E-state index in [1.54, 1.807) is 43.6 Å². The lowest BCUT2D eigenvalue weighted by molar-refractivity contribution is -0.119. The molecule has 0 atom stereocenters. The van der Waals surface area contributed by atoms with Crippen molar-refractivity contribution in [3.8, 4) is 0 Å². The minimum atomic E-state index is -0.0854. The number of carbonyl (C=O) groups is 2. The first-order valence-electron chi connectivity index (χ1n) is 6.91. The zero-order valence-electron chi connectivity index (χ0n) is 12.6. The van der Waals surface area contributed by atoms with E-state index in [0.717, 1.165) is 10.6 Å². The first-order chi connectivity index (χ1) is 10.6. The number of hydrogen-bond donors (Lipinski definition) is 2. The molecule has 2 rings (SSSR count). The van der Waals surface area contributed by atoms with E-state index in [2.05, 4.69) is 10.6 Å². The third-order valence-electron chi connectivity index (χ3n) is 3.01. The summed E-state index contributed by atoms with van der Waals surface area (Å²) in [5.74, 6) is -0.150. The SMILES string of the molecule is CN(C)C(=O)c1cccc(NCC(=O)NCc2cccs2)c1. The Balaban J connectivity index is 1.84. The van der Waals surface area contributed by atoms with Gasteiger partial charge in [-0.15, -0.1) is 11.3 Å². The molecule has 0 aliphatic rings. The molecule has 116 valence electrons. The van der Waals surface area contributed by atoms with Crippen LogP contribution < -0.4 is 10.6 Å². The number of amides is 2. The van der Waals surface area contributed by atoms with Gasteiger partial charge in [-0.25, -0.2) is 0 Å². The molecule has 5 nitrogen and oxygen atoms in total. The van der Waals surface area contributed by atoms with Gasteiger partial charge in [-0.05, 0) is 29.6 Å². The lowest BCUT2D eigenvalue weighted by Gasteiger charge is -2.12. The summed E-state index contributed by atoms with van der Waals surface area (Å²) in [6, 6.07) is 11.1. The summed E-state index contributed by atoms with van der Waals surface area (Å²) < 4.78 is 0. The maximum absolute atomic E-state index is 11.9. The number of nitrogens with zero attached hydrogens (tertiary/aromatic N) is 1. The fourth-order valence-corrected chi connectivity index (χ4v) is 2.51. The smallest absolute Gasteiger partial charge is 0.253 e. The second-order valence-electron chi connectivity index (χ2n) is 4.99. The van der Waals surface area contributed by atoms with Crippen LogP contribution in [0.4, 0.5) is 5.69 Å². The molecule has 0 aliphatic heterocycles. The first kappa shape index (κ1) is 16.0. The molecule has 0 radical (unpaired) electrons. The Morgan fingerprint density at radius 3 is 2.68 bits per heavy atom. The van der Waals surface area contributed by atoms with Crippen molar-refractivity contribution in [2.45, 2.75) is 6.54 Å². The van der Waals surface area contributed by atoms with Gasteiger partial charge >= 0.3 is 0 Å². The molecule has 6 heteroatoms. The zero-order valence-corrected chi connectivity index (χ0v) is 13.4. The summed E-state index contributed by atoms with van der Waals surface area (Å²) in [5, 5.41) is 7.85. The number of anilines is 1. The van der Waals surface area contributed by atoms with E-state index in [1.807, 2.05) is 23.6 Å². The zero-order chi connectivity index (χ0) is 15.9. The average molecular weight is 317 g/mol. The predicted octanol–water partition coefficient (Wildman–Crippen LogP) is 2.18. The van der Waals surface area contributed by atoms with Crippen LogP contribution >= 0.6 is 11.3 Å². The van der Waals surface area contributed by atoms with Gasteiger partial charge in [-0.1, -0.05) is 12.1 Å². The number of hydrogen-bond acceptors (Lipinski definition) is 4. The van der Waals surface area contributed by atoms with Crippen LogP contribution in [0.3, 0.4) is 0 Å². The van der Waals surface area contributed by atoms with Crippen LogP contribution in [-0.2, 0) is 11.3 Å². The van der Waals surface area contributed by atoms with Crippen molar-refractivity contribution in [3.63, 3.8) is 0 Å². The van der Waals surface area contributed by atoms with Crippen LogP contribution in [0.1, 0.15) is 15.2 Å².